The molecule has 0 fully saturated rings. The summed E-state index contributed by atoms with van der Waals surface area (Å²) in [5.41, 5.74) is 0.833. The van der Waals surface area contributed by atoms with Crippen LogP contribution in [0.2, 0.25) is 0 Å². The van der Waals surface area contributed by atoms with Crippen LogP contribution in [0, 0.1) is 0 Å². The molecule has 1 aromatic heterocycles. The van der Waals surface area contributed by atoms with Crippen molar-refractivity contribution in [3.05, 3.63) is 71.0 Å². The standard InChI is InChI=1S/C18H14BrN3O3S/c19-12-1-5-14(6-2-12)26-15-7-3-13(4-8-15)21-17(23)11-25-18(24)16-9-10-20-22-16/h1-10H,11H2,(H,20,22)(H,21,23). The molecule has 0 bridgehead atoms. The summed E-state index contributed by atoms with van der Waals surface area (Å²) in [7, 11) is 0. The van der Waals surface area contributed by atoms with Crippen molar-refractivity contribution in [3.63, 3.8) is 0 Å². The molecule has 1 heterocycles. The van der Waals surface area contributed by atoms with Gasteiger partial charge in [-0.05, 0) is 54.6 Å². The second-order valence-electron chi connectivity index (χ2n) is 5.17. The summed E-state index contributed by atoms with van der Waals surface area (Å²) < 4.78 is 5.94. The first kappa shape index (κ1) is 18.2. The Bertz CT molecular complexity index is 881. The van der Waals surface area contributed by atoms with Gasteiger partial charge in [0.05, 0.1) is 0 Å². The van der Waals surface area contributed by atoms with Crippen molar-refractivity contribution in [2.24, 2.45) is 0 Å². The molecule has 1 amide bonds. The van der Waals surface area contributed by atoms with Crippen molar-refractivity contribution in [2.75, 3.05) is 11.9 Å². The van der Waals surface area contributed by atoms with Crippen LogP contribution in [0.3, 0.4) is 0 Å². The Hall–Kier alpha value is -2.58. The average Bonchev–Trinajstić information content (AvgIpc) is 3.18. The molecule has 0 aliphatic heterocycles. The second kappa shape index (κ2) is 8.68. The highest BCUT2D eigenvalue weighted by molar-refractivity contribution is 9.10. The van der Waals surface area contributed by atoms with Crippen LogP contribution in [0.25, 0.3) is 0 Å². The summed E-state index contributed by atoms with van der Waals surface area (Å²) >= 11 is 5.03. The van der Waals surface area contributed by atoms with Crippen molar-refractivity contribution >= 4 is 45.3 Å². The van der Waals surface area contributed by atoms with Crippen LogP contribution in [0.5, 0.6) is 0 Å². The number of hydrogen-bond acceptors (Lipinski definition) is 5. The molecule has 0 spiro atoms. The first-order valence-electron chi connectivity index (χ1n) is 7.60. The molecule has 0 aliphatic rings. The van der Waals surface area contributed by atoms with E-state index in [1.807, 2.05) is 36.4 Å². The van der Waals surface area contributed by atoms with Crippen LogP contribution in [0.1, 0.15) is 10.5 Å². The second-order valence-corrected chi connectivity index (χ2v) is 7.24. The lowest BCUT2D eigenvalue weighted by Crippen LogP contribution is -2.21. The topological polar surface area (TPSA) is 84.1 Å². The lowest BCUT2D eigenvalue weighted by molar-refractivity contribution is -0.119. The highest BCUT2D eigenvalue weighted by Crippen LogP contribution is 2.29. The summed E-state index contributed by atoms with van der Waals surface area (Å²) in [5, 5.41) is 8.81. The maximum absolute atomic E-state index is 11.9. The quantitative estimate of drug-likeness (QED) is 0.573. The van der Waals surface area contributed by atoms with Gasteiger partial charge < -0.3 is 10.1 Å². The number of esters is 1. The number of nitrogens with zero attached hydrogens (tertiary/aromatic N) is 1. The monoisotopic (exact) mass is 431 g/mol. The Kier molecular flexibility index (Phi) is 6.08. The van der Waals surface area contributed by atoms with Gasteiger partial charge in [-0.2, -0.15) is 5.10 Å². The van der Waals surface area contributed by atoms with Crippen molar-refractivity contribution in [3.8, 4) is 0 Å². The van der Waals surface area contributed by atoms with Gasteiger partial charge in [0.2, 0.25) is 0 Å². The number of anilines is 1. The number of benzene rings is 2. The van der Waals surface area contributed by atoms with E-state index in [4.69, 9.17) is 4.74 Å². The normalized spacial score (nSPS) is 10.3. The molecular formula is C18H14BrN3O3S. The van der Waals surface area contributed by atoms with E-state index in [9.17, 15) is 9.59 Å². The van der Waals surface area contributed by atoms with Crippen molar-refractivity contribution < 1.29 is 14.3 Å². The maximum Gasteiger partial charge on any atom is 0.356 e. The maximum atomic E-state index is 11.9. The molecular weight excluding hydrogens is 418 g/mol. The number of carbonyl (C=O) groups is 2. The molecule has 6 nitrogen and oxygen atoms in total. The molecule has 2 N–H and O–H groups in total. The first-order valence-corrected chi connectivity index (χ1v) is 9.21. The van der Waals surface area contributed by atoms with E-state index in [0.717, 1.165) is 14.3 Å². The fourth-order valence-electron chi connectivity index (χ4n) is 2.02. The number of ether oxygens (including phenoxy) is 1. The zero-order valence-electron chi connectivity index (χ0n) is 13.4. The number of aromatic amines is 1. The van der Waals surface area contributed by atoms with E-state index >= 15 is 0 Å². The average molecular weight is 432 g/mol. The van der Waals surface area contributed by atoms with Gasteiger partial charge in [0.25, 0.3) is 5.91 Å². The van der Waals surface area contributed by atoms with E-state index in [0.29, 0.717) is 5.69 Å². The molecule has 3 aromatic rings. The van der Waals surface area contributed by atoms with Crippen LogP contribution < -0.4 is 5.32 Å². The molecule has 0 saturated carbocycles. The molecule has 132 valence electrons. The Morgan fingerprint density at radius 1 is 1.04 bits per heavy atom. The third kappa shape index (κ3) is 5.21. The van der Waals surface area contributed by atoms with E-state index in [-0.39, 0.29) is 12.3 Å². The molecule has 0 unspecified atom stereocenters. The molecule has 3 rings (SSSR count). The minimum absolute atomic E-state index is 0.201. The first-order chi connectivity index (χ1) is 12.6. The highest BCUT2D eigenvalue weighted by Gasteiger charge is 2.11. The van der Waals surface area contributed by atoms with Gasteiger partial charge in [-0.3, -0.25) is 9.89 Å². The van der Waals surface area contributed by atoms with Gasteiger partial charge in [0.15, 0.2) is 6.61 Å². The zero-order chi connectivity index (χ0) is 18.4. The fourth-order valence-corrected chi connectivity index (χ4v) is 3.10. The minimum Gasteiger partial charge on any atom is -0.451 e. The third-order valence-corrected chi connectivity index (χ3v) is 4.79. The zero-order valence-corrected chi connectivity index (χ0v) is 15.8. The van der Waals surface area contributed by atoms with E-state index in [1.165, 1.54) is 12.3 Å². The van der Waals surface area contributed by atoms with E-state index < -0.39 is 11.9 Å². The van der Waals surface area contributed by atoms with Gasteiger partial charge in [-0.25, -0.2) is 4.79 Å². The number of aromatic nitrogens is 2. The van der Waals surface area contributed by atoms with Gasteiger partial charge in [-0.15, -0.1) is 0 Å². The van der Waals surface area contributed by atoms with Crippen molar-refractivity contribution in [2.45, 2.75) is 9.79 Å². The number of hydrogen-bond donors (Lipinski definition) is 2. The van der Waals surface area contributed by atoms with Crippen LogP contribution >= 0.6 is 27.7 Å². The van der Waals surface area contributed by atoms with Crippen molar-refractivity contribution in [1.29, 1.82) is 0 Å². The number of nitrogens with one attached hydrogen (secondary N) is 2. The lowest BCUT2D eigenvalue weighted by atomic mass is 10.3. The summed E-state index contributed by atoms with van der Waals surface area (Å²) in [6, 6.07) is 16.9. The number of halogens is 1. The van der Waals surface area contributed by atoms with Crippen molar-refractivity contribution in [1.82, 2.24) is 10.2 Å². The van der Waals surface area contributed by atoms with Crippen LogP contribution in [-0.4, -0.2) is 28.7 Å². The van der Waals surface area contributed by atoms with E-state index in [1.54, 1.807) is 23.9 Å². The Labute approximate surface area is 162 Å². The van der Waals surface area contributed by atoms with Gasteiger partial charge in [0, 0.05) is 26.1 Å². The Morgan fingerprint density at radius 2 is 1.69 bits per heavy atom. The minimum atomic E-state index is -0.626. The summed E-state index contributed by atoms with van der Waals surface area (Å²) in [6.07, 6.45) is 1.44. The summed E-state index contributed by atoms with van der Waals surface area (Å²) in [6.45, 7) is -0.368. The van der Waals surface area contributed by atoms with Crippen LogP contribution in [-0.2, 0) is 9.53 Å². The Balaban J connectivity index is 1.49. The van der Waals surface area contributed by atoms with E-state index in [2.05, 4.69) is 31.4 Å². The third-order valence-electron chi connectivity index (χ3n) is 3.24. The smallest absolute Gasteiger partial charge is 0.356 e. The predicted octanol–water partition coefficient (Wildman–Crippen LogP) is 4.12. The predicted molar refractivity (Wildman–Crippen MR) is 102 cm³/mol. The number of H-pyrrole nitrogens is 1. The molecule has 2 aromatic carbocycles. The van der Waals surface area contributed by atoms with Gasteiger partial charge >= 0.3 is 5.97 Å². The molecule has 0 saturated heterocycles. The summed E-state index contributed by atoms with van der Waals surface area (Å²) in [5.74, 6) is -1.04. The summed E-state index contributed by atoms with van der Waals surface area (Å²) in [4.78, 5) is 25.7. The molecule has 26 heavy (non-hydrogen) atoms. The molecule has 8 heteroatoms. The fraction of sp³-hybridized carbons (Fsp3) is 0.0556. The van der Waals surface area contributed by atoms with Gasteiger partial charge in [0.1, 0.15) is 5.69 Å². The number of amides is 1. The lowest BCUT2D eigenvalue weighted by Gasteiger charge is -2.07. The molecule has 0 atom stereocenters. The largest absolute Gasteiger partial charge is 0.451 e. The van der Waals surface area contributed by atoms with Gasteiger partial charge in [-0.1, -0.05) is 27.7 Å². The molecule has 0 radical (unpaired) electrons. The highest BCUT2D eigenvalue weighted by atomic mass is 79.9. The number of rotatable bonds is 6. The van der Waals surface area contributed by atoms with Crippen LogP contribution in [0.15, 0.2) is 75.1 Å². The number of carbonyl (C=O) groups excluding carboxylic acids is 2. The Morgan fingerprint density at radius 3 is 2.31 bits per heavy atom. The SMILES string of the molecule is O=C(COC(=O)c1ccn[nH]1)Nc1ccc(Sc2ccc(Br)cc2)cc1. The molecule has 0 aliphatic carbocycles. The van der Waals surface area contributed by atoms with Crippen LogP contribution in [0.4, 0.5) is 5.69 Å².